The predicted octanol–water partition coefficient (Wildman–Crippen LogP) is 1.32. The number of aromatic nitrogens is 1. The number of carbonyl (C=O) groups is 1. The number of rotatable bonds is 4. The van der Waals surface area contributed by atoms with E-state index in [1.165, 1.54) is 0 Å². The van der Waals surface area contributed by atoms with Gasteiger partial charge in [0.05, 0.1) is 17.4 Å². The molecule has 1 aliphatic heterocycles. The van der Waals surface area contributed by atoms with Crippen LogP contribution < -0.4 is 4.90 Å². The van der Waals surface area contributed by atoms with Gasteiger partial charge in [0.1, 0.15) is 0 Å². The largest absolute Gasteiger partial charge is 0.371 e. The van der Waals surface area contributed by atoms with Crippen molar-refractivity contribution in [2.45, 2.75) is 13.8 Å². The van der Waals surface area contributed by atoms with Crippen LogP contribution in [0.1, 0.15) is 24.2 Å². The number of amides is 1. The number of hydrogen-bond acceptors (Lipinski definition) is 4. The number of piperazine rings is 1. The highest BCUT2D eigenvalue weighted by Crippen LogP contribution is 2.16. The highest BCUT2D eigenvalue weighted by Gasteiger charge is 2.21. The van der Waals surface area contributed by atoms with Crippen LogP contribution in [0.5, 0.6) is 0 Å². The normalized spacial score (nSPS) is 16.2. The van der Waals surface area contributed by atoms with Gasteiger partial charge in [0.2, 0.25) is 0 Å². The molecule has 1 amide bonds. The Morgan fingerprint density at radius 1 is 1.20 bits per heavy atom. The van der Waals surface area contributed by atoms with Crippen molar-refractivity contribution >= 4 is 11.6 Å². The summed E-state index contributed by atoms with van der Waals surface area (Å²) in [7, 11) is 2.09. The zero-order chi connectivity index (χ0) is 14.5. The first-order valence-corrected chi connectivity index (χ1v) is 7.33. The Balaban J connectivity index is 2.12. The van der Waals surface area contributed by atoms with Gasteiger partial charge < -0.3 is 14.7 Å². The van der Waals surface area contributed by atoms with Crippen LogP contribution in [0.15, 0.2) is 18.5 Å². The van der Waals surface area contributed by atoms with Gasteiger partial charge in [-0.3, -0.25) is 9.78 Å². The molecule has 1 aromatic heterocycles. The average molecular weight is 276 g/mol. The average Bonchev–Trinajstić information content (AvgIpc) is 2.49. The number of carbonyl (C=O) groups excluding carboxylic acids is 1. The van der Waals surface area contributed by atoms with Crippen LogP contribution >= 0.6 is 0 Å². The molecule has 0 N–H and O–H groups in total. The molecule has 0 saturated carbocycles. The van der Waals surface area contributed by atoms with Crippen LogP contribution in [-0.2, 0) is 0 Å². The number of anilines is 1. The molecule has 0 aliphatic carbocycles. The van der Waals surface area contributed by atoms with Crippen LogP contribution in [0.3, 0.4) is 0 Å². The van der Waals surface area contributed by atoms with Gasteiger partial charge in [0.25, 0.3) is 5.91 Å². The predicted molar refractivity (Wildman–Crippen MR) is 81.2 cm³/mol. The van der Waals surface area contributed by atoms with E-state index in [1.54, 1.807) is 6.20 Å². The van der Waals surface area contributed by atoms with E-state index in [4.69, 9.17) is 0 Å². The van der Waals surface area contributed by atoms with Gasteiger partial charge in [-0.15, -0.1) is 0 Å². The second-order valence-electron chi connectivity index (χ2n) is 5.20. The summed E-state index contributed by atoms with van der Waals surface area (Å²) in [5.41, 5.74) is 1.72. The smallest absolute Gasteiger partial charge is 0.255 e. The maximum Gasteiger partial charge on any atom is 0.255 e. The second-order valence-corrected chi connectivity index (χ2v) is 5.20. The number of likely N-dealkylation sites (N-methyl/N-ethyl adjacent to an activating group) is 1. The maximum absolute atomic E-state index is 12.5. The van der Waals surface area contributed by atoms with Crippen molar-refractivity contribution in [3.63, 3.8) is 0 Å². The summed E-state index contributed by atoms with van der Waals surface area (Å²) in [5.74, 6) is 0.0969. The summed E-state index contributed by atoms with van der Waals surface area (Å²) >= 11 is 0. The van der Waals surface area contributed by atoms with Crippen molar-refractivity contribution in [2.24, 2.45) is 0 Å². The summed E-state index contributed by atoms with van der Waals surface area (Å²) in [6.07, 6.45) is 3.50. The van der Waals surface area contributed by atoms with Crippen molar-refractivity contribution in [1.82, 2.24) is 14.8 Å². The first-order chi connectivity index (χ1) is 9.65. The van der Waals surface area contributed by atoms with Crippen molar-refractivity contribution in [3.8, 4) is 0 Å². The lowest BCUT2D eigenvalue weighted by atomic mass is 10.2. The maximum atomic E-state index is 12.5. The molecule has 5 heteroatoms. The van der Waals surface area contributed by atoms with E-state index in [2.05, 4.69) is 35.7 Å². The fraction of sp³-hybridized carbons (Fsp3) is 0.600. The molecule has 0 atom stereocenters. The summed E-state index contributed by atoms with van der Waals surface area (Å²) in [6, 6.07) is 1.96. The molecule has 1 aliphatic rings. The monoisotopic (exact) mass is 276 g/mol. The topological polar surface area (TPSA) is 39.7 Å². The van der Waals surface area contributed by atoms with Crippen molar-refractivity contribution in [1.29, 1.82) is 0 Å². The van der Waals surface area contributed by atoms with E-state index >= 15 is 0 Å². The van der Waals surface area contributed by atoms with Gasteiger partial charge in [-0.05, 0) is 27.0 Å². The highest BCUT2D eigenvalue weighted by atomic mass is 16.2. The van der Waals surface area contributed by atoms with Crippen molar-refractivity contribution in [3.05, 3.63) is 24.0 Å². The third kappa shape index (κ3) is 3.28. The summed E-state index contributed by atoms with van der Waals surface area (Å²) in [5, 5.41) is 0. The number of hydrogen-bond donors (Lipinski definition) is 0. The molecule has 2 heterocycles. The van der Waals surface area contributed by atoms with Gasteiger partial charge in [0, 0.05) is 45.5 Å². The summed E-state index contributed by atoms with van der Waals surface area (Å²) in [6.45, 7) is 9.53. The fourth-order valence-electron chi connectivity index (χ4n) is 2.50. The minimum absolute atomic E-state index is 0.0969. The van der Waals surface area contributed by atoms with Crippen LogP contribution in [0.4, 0.5) is 5.69 Å². The Bertz CT molecular complexity index is 451. The minimum Gasteiger partial charge on any atom is -0.371 e. The molecular formula is C15H24N4O. The lowest BCUT2D eigenvalue weighted by Crippen LogP contribution is -2.47. The molecule has 5 nitrogen and oxygen atoms in total. The van der Waals surface area contributed by atoms with E-state index < -0.39 is 0 Å². The van der Waals surface area contributed by atoms with Crippen LogP contribution in [0.25, 0.3) is 0 Å². The molecule has 20 heavy (non-hydrogen) atoms. The van der Waals surface area contributed by atoms with Crippen LogP contribution in [0, 0.1) is 0 Å². The Labute approximate surface area is 121 Å². The molecule has 2 rings (SSSR count). The summed E-state index contributed by atoms with van der Waals surface area (Å²) < 4.78 is 0. The molecular weight excluding hydrogens is 252 g/mol. The molecule has 0 spiro atoms. The lowest BCUT2D eigenvalue weighted by Gasteiger charge is -2.32. The standard InChI is InChI=1S/C15H24N4O/c1-4-18(5-2)14-10-13(11-16-12-14)15(20)19-8-6-17(3)7-9-19/h10-12H,4-9H2,1-3H3. The van der Waals surface area contributed by atoms with Crippen molar-refractivity contribution in [2.75, 3.05) is 51.2 Å². The Morgan fingerprint density at radius 3 is 2.45 bits per heavy atom. The zero-order valence-corrected chi connectivity index (χ0v) is 12.7. The van der Waals surface area contributed by atoms with Crippen molar-refractivity contribution < 1.29 is 4.79 Å². The van der Waals surface area contributed by atoms with Gasteiger partial charge in [-0.25, -0.2) is 0 Å². The van der Waals surface area contributed by atoms with Gasteiger partial charge in [0.15, 0.2) is 0 Å². The van der Waals surface area contributed by atoms with Gasteiger partial charge in [-0.1, -0.05) is 0 Å². The Morgan fingerprint density at radius 2 is 1.85 bits per heavy atom. The summed E-state index contributed by atoms with van der Waals surface area (Å²) in [4.78, 5) is 23.1. The van der Waals surface area contributed by atoms with E-state index in [0.717, 1.165) is 45.0 Å². The molecule has 1 saturated heterocycles. The molecule has 0 radical (unpaired) electrons. The fourth-order valence-corrected chi connectivity index (χ4v) is 2.50. The molecule has 110 valence electrons. The first-order valence-electron chi connectivity index (χ1n) is 7.33. The minimum atomic E-state index is 0.0969. The van der Waals surface area contributed by atoms with Gasteiger partial charge >= 0.3 is 0 Å². The number of pyridine rings is 1. The first kappa shape index (κ1) is 14.8. The third-order valence-corrected chi connectivity index (χ3v) is 3.89. The molecule has 1 fully saturated rings. The van der Waals surface area contributed by atoms with E-state index in [-0.39, 0.29) is 5.91 Å². The highest BCUT2D eigenvalue weighted by molar-refractivity contribution is 5.94. The van der Waals surface area contributed by atoms with Gasteiger partial charge in [-0.2, -0.15) is 0 Å². The lowest BCUT2D eigenvalue weighted by molar-refractivity contribution is 0.0663. The molecule has 0 aromatic carbocycles. The second kappa shape index (κ2) is 6.70. The quantitative estimate of drug-likeness (QED) is 0.831. The van der Waals surface area contributed by atoms with E-state index in [1.807, 2.05) is 17.2 Å². The zero-order valence-electron chi connectivity index (χ0n) is 12.7. The van der Waals surface area contributed by atoms with Crippen LogP contribution in [-0.4, -0.2) is 67.0 Å². The van der Waals surface area contributed by atoms with E-state index in [9.17, 15) is 4.79 Å². The molecule has 0 bridgehead atoms. The Hall–Kier alpha value is -1.62. The van der Waals surface area contributed by atoms with E-state index in [0.29, 0.717) is 5.56 Å². The molecule has 0 unspecified atom stereocenters. The van der Waals surface area contributed by atoms with Crippen LogP contribution in [0.2, 0.25) is 0 Å². The Kier molecular flexibility index (Phi) is 4.95. The third-order valence-electron chi connectivity index (χ3n) is 3.89. The molecule has 1 aromatic rings. The number of nitrogens with zero attached hydrogens (tertiary/aromatic N) is 4. The SMILES string of the molecule is CCN(CC)c1cncc(C(=O)N2CCN(C)CC2)c1.